The van der Waals surface area contributed by atoms with Gasteiger partial charge < -0.3 is 10.6 Å². The third-order valence-electron chi connectivity index (χ3n) is 4.64. The van der Waals surface area contributed by atoms with Crippen molar-refractivity contribution in [1.82, 2.24) is 5.32 Å². The van der Waals surface area contributed by atoms with Gasteiger partial charge in [0, 0.05) is 5.69 Å². The van der Waals surface area contributed by atoms with E-state index in [2.05, 4.69) is 10.6 Å². The molecule has 2 nitrogen and oxygen atoms in total. The molecule has 0 saturated carbocycles. The maximum atomic E-state index is 13.1. The summed E-state index contributed by atoms with van der Waals surface area (Å²) in [6.07, 6.45) is -9.37. The highest BCUT2D eigenvalue weighted by Crippen LogP contribution is 2.37. The summed E-state index contributed by atoms with van der Waals surface area (Å²) >= 11 is 5.22. The van der Waals surface area contributed by atoms with Gasteiger partial charge in [0.25, 0.3) is 0 Å². The third-order valence-corrected chi connectivity index (χ3v) is 4.86. The fraction of sp³-hybridized carbons (Fsp3) is 0.174. The van der Waals surface area contributed by atoms with Gasteiger partial charge >= 0.3 is 12.4 Å². The minimum Gasteiger partial charge on any atom is -0.355 e. The van der Waals surface area contributed by atoms with Crippen molar-refractivity contribution in [1.29, 1.82) is 0 Å². The predicted octanol–water partition coefficient (Wildman–Crippen LogP) is 6.99. The first-order valence-corrected chi connectivity index (χ1v) is 9.89. The van der Waals surface area contributed by atoms with Crippen molar-refractivity contribution in [2.75, 3.05) is 5.32 Å². The Balaban J connectivity index is 1.84. The Morgan fingerprint density at radius 3 is 1.75 bits per heavy atom. The Bertz CT molecular complexity index is 1020. The minimum atomic E-state index is -4.94. The second kappa shape index (κ2) is 9.60. The lowest BCUT2D eigenvalue weighted by Crippen LogP contribution is -2.33. The van der Waals surface area contributed by atoms with Crippen LogP contribution in [0, 0.1) is 0 Å². The van der Waals surface area contributed by atoms with E-state index in [9.17, 15) is 26.3 Å². The van der Waals surface area contributed by atoms with Crippen molar-refractivity contribution in [3.05, 3.63) is 101 Å². The number of alkyl halides is 6. The maximum Gasteiger partial charge on any atom is 0.416 e. The average molecular weight is 468 g/mol. The Labute approximate surface area is 186 Å². The summed E-state index contributed by atoms with van der Waals surface area (Å²) in [5, 5.41) is 5.38. The van der Waals surface area contributed by atoms with E-state index in [1.54, 1.807) is 0 Å². The van der Waals surface area contributed by atoms with E-state index < -0.39 is 29.2 Å². The molecule has 0 fully saturated rings. The Morgan fingerprint density at radius 2 is 1.25 bits per heavy atom. The molecule has 0 aliphatic carbocycles. The molecule has 168 valence electrons. The molecule has 0 saturated heterocycles. The molecule has 32 heavy (non-hydrogen) atoms. The van der Waals surface area contributed by atoms with Gasteiger partial charge in [0.1, 0.15) is 0 Å². The van der Waals surface area contributed by atoms with E-state index in [0.717, 1.165) is 11.1 Å². The van der Waals surface area contributed by atoms with Gasteiger partial charge in [-0.3, -0.25) is 0 Å². The Hall–Kier alpha value is -3.07. The molecule has 3 aromatic carbocycles. The zero-order valence-corrected chi connectivity index (χ0v) is 17.3. The van der Waals surface area contributed by atoms with Crippen LogP contribution in [0.5, 0.6) is 0 Å². The number of hydrogen-bond acceptors (Lipinski definition) is 1. The molecule has 0 aliphatic heterocycles. The van der Waals surface area contributed by atoms with Crippen LogP contribution in [0.2, 0.25) is 0 Å². The summed E-state index contributed by atoms with van der Waals surface area (Å²) in [4.78, 5) is 0. The molecule has 2 N–H and O–H groups in total. The van der Waals surface area contributed by atoms with E-state index in [1.165, 1.54) is 0 Å². The van der Waals surface area contributed by atoms with Gasteiger partial charge in [-0.15, -0.1) is 0 Å². The van der Waals surface area contributed by atoms with Gasteiger partial charge in [-0.25, -0.2) is 0 Å². The molecular formula is C23H18F6N2S. The highest BCUT2D eigenvalue weighted by atomic mass is 32.1. The van der Waals surface area contributed by atoms with Crippen molar-refractivity contribution in [2.24, 2.45) is 0 Å². The van der Waals surface area contributed by atoms with Crippen molar-refractivity contribution < 1.29 is 26.3 Å². The molecule has 0 radical (unpaired) electrons. The summed E-state index contributed by atoms with van der Waals surface area (Å²) in [6.45, 7) is 0. The summed E-state index contributed by atoms with van der Waals surface area (Å²) in [5.41, 5.74) is -1.39. The van der Waals surface area contributed by atoms with Crippen LogP contribution in [0.15, 0.2) is 78.9 Å². The molecule has 0 heterocycles. The molecule has 3 aromatic rings. The standard InChI is InChI=1S/C23H18F6N2S/c24-22(25,26)17-12-18(23(27,28)29)14-19(13-17)30-21(32)31-20(16-9-5-2-6-10-16)11-15-7-3-1-4-8-15/h1-10,12-14,20H,11H2,(H2,30,31,32)/t20-/m0/s1. The number of halogens is 6. The molecule has 0 amide bonds. The van der Waals surface area contributed by atoms with Gasteiger partial charge in [0.15, 0.2) is 5.11 Å². The van der Waals surface area contributed by atoms with Crippen molar-refractivity contribution >= 4 is 23.0 Å². The molecule has 0 spiro atoms. The number of benzene rings is 3. The number of rotatable bonds is 5. The molecular weight excluding hydrogens is 450 g/mol. The second-order valence-electron chi connectivity index (χ2n) is 7.05. The van der Waals surface area contributed by atoms with Gasteiger partial charge in [-0.1, -0.05) is 60.7 Å². The molecule has 9 heteroatoms. The van der Waals surface area contributed by atoms with Crippen LogP contribution < -0.4 is 10.6 Å². The van der Waals surface area contributed by atoms with E-state index in [1.807, 2.05) is 60.7 Å². The minimum absolute atomic E-state index is 0.0732. The molecule has 0 aliphatic rings. The Morgan fingerprint density at radius 1 is 0.750 bits per heavy atom. The molecule has 1 atom stereocenters. The SMILES string of the molecule is FC(F)(F)c1cc(NC(=S)N[C@@H](Cc2ccccc2)c2ccccc2)cc(C(F)(F)F)c1. The molecule has 3 rings (SSSR count). The van der Waals surface area contributed by atoms with Crippen LogP contribution in [0.1, 0.15) is 28.3 Å². The number of nitrogens with one attached hydrogen (secondary N) is 2. The van der Waals surface area contributed by atoms with E-state index >= 15 is 0 Å². The van der Waals surface area contributed by atoms with Crippen LogP contribution in [0.25, 0.3) is 0 Å². The second-order valence-corrected chi connectivity index (χ2v) is 7.45. The first kappa shape index (κ1) is 23.6. The summed E-state index contributed by atoms with van der Waals surface area (Å²) in [7, 11) is 0. The monoisotopic (exact) mass is 468 g/mol. The third kappa shape index (κ3) is 6.46. The zero-order chi connectivity index (χ0) is 23.4. The molecule has 0 unspecified atom stereocenters. The molecule has 0 aromatic heterocycles. The first-order valence-electron chi connectivity index (χ1n) is 9.48. The highest BCUT2D eigenvalue weighted by Gasteiger charge is 2.37. The number of anilines is 1. The van der Waals surface area contributed by atoms with E-state index in [4.69, 9.17) is 12.2 Å². The predicted molar refractivity (Wildman–Crippen MR) is 115 cm³/mol. The van der Waals surface area contributed by atoms with Crippen LogP contribution in [0.4, 0.5) is 32.0 Å². The fourth-order valence-corrected chi connectivity index (χ4v) is 3.40. The fourth-order valence-electron chi connectivity index (χ4n) is 3.14. The topological polar surface area (TPSA) is 24.1 Å². The Kier molecular flexibility index (Phi) is 7.08. The van der Waals surface area contributed by atoms with E-state index in [-0.39, 0.29) is 17.2 Å². The number of hydrogen-bond donors (Lipinski definition) is 2. The summed E-state index contributed by atoms with van der Waals surface area (Å²) in [6, 6.07) is 19.5. The van der Waals surface area contributed by atoms with Gasteiger partial charge in [-0.05, 0) is 48.0 Å². The van der Waals surface area contributed by atoms with Crippen molar-refractivity contribution in [2.45, 2.75) is 24.8 Å². The van der Waals surface area contributed by atoms with Crippen LogP contribution in [0.3, 0.4) is 0 Å². The summed E-state index contributed by atoms with van der Waals surface area (Å²) < 4.78 is 78.6. The normalized spacial score (nSPS) is 12.8. The van der Waals surface area contributed by atoms with Crippen molar-refractivity contribution in [3.8, 4) is 0 Å². The lowest BCUT2D eigenvalue weighted by atomic mass is 9.99. The van der Waals surface area contributed by atoms with Gasteiger partial charge in [0.2, 0.25) is 0 Å². The van der Waals surface area contributed by atoms with Gasteiger partial charge in [0.05, 0.1) is 17.2 Å². The highest BCUT2D eigenvalue weighted by molar-refractivity contribution is 7.80. The maximum absolute atomic E-state index is 13.1. The van der Waals surface area contributed by atoms with Crippen molar-refractivity contribution in [3.63, 3.8) is 0 Å². The van der Waals surface area contributed by atoms with E-state index in [0.29, 0.717) is 18.6 Å². The quantitative estimate of drug-likeness (QED) is 0.312. The lowest BCUT2D eigenvalue weighted by Gasteiger charge is -2.22. The lowest BCUT2D eigenvalue weighted by molar-refractivity contribution is -0.143. The van der Waals surface area contributed by atoms with Crippen LogP contribution >= 0.6 is 12.2 Å². The molecule has 0 bridgehead atoms. The summed E-state index contributed by atoms with van der Waals surface area (Å²) in [5.74, 6) is 0. The average Bonchev–Trinajstić information content (AvgIpc) is 2.73. The first-order chi connectivity index (χ1) is 15.0. The largest absolute Gasteiger partial charge is 0.416 e. The van der Waals surface area contributed by atoms with Crippen LogP contribution in [-0.4, -0.2) is 5.11 Å². The number of thiocarbonyl (C=S) groups is 1. The van der Waals surface area contributed by atoms with Crippen LogP contribution in [-0.2, 0) is 18.8 Å². The zero-order valence-electron chi connectivity index (χ0n) is 16.5. The smallest absolute Gasteiger partial charge is 0.355 e. The van der Waals surface area contributed by atoms with Gasteiger partial charge in [-0.2, -0.15) is 26.3 Å².